The first-order valence-corrected chi connectivity index (χ1v) is 11.9. The van der Waals surface area contributed by atoms with Crippen LogP contribution in [-0.2, 0) is 16.0 Å². The maximum atomic E-state index is 13.0. The monoisotopic (exact) mass is 495 g/mol. The summed E-state index contributed by atoms with van der Waals surface area (Å²) in [5, 5.41) is 22.1. The molecule has 0 saturated heterocycles. The van der Waals surface area contributed by atoms with Crippen LogP contribution in [0.4, 0.5) is 4.79 Å². The summed E-state index contributed by atoms with van der Waals surface area (Å²) in [4.78, 5) is 25.9. The third-order valence-electron chi connectivity index (χ3n) is 6.36. The Labute approximate surface area is 213 Å². The number of esters is 1. The number of carbonyl (C=O) groups is 2. The van der Waals surface area contributed by atoms with Gasteiger partial charge in [0.05, 0.1) is 0 Å². The van der Waals surface area contributed by atoms with Crippen LogP contribution >= 0.6 is 0 Å². The van der Waals surface area contributed by atoms with Crippen molar-refractivity contribution >= 4 is 12.1 Å². The van der Waals surface area contributed by atoms with Crippen LogP contribution in [-0.4, -0.2) is 34.9 Å². The predicted octanol–water partition coefficient (Wildman–Crippen LogP) is 5.15. The fourth-order valence-electron chi connectivity index (χ4n) is 4.58. The first-order valence-electron chi connectivity index (χ1n) is 11.9. The van der Waals surface area contributed by atoms with Crippen LogP contribution < -0.4 is 10.1 Å². The lowest BCUT2D eigenvalue weighted by Gasteiger charge is -2.19. The summed E-state index contributed by atoms with van der Waals surface area (Å²) in [5.74, 6) is -1.08. The number of hydrogen-bond acceptors (Lipinski definition) is 6. The van der Waals surface area contributed by atoms with Crippen molar-refractivity contribution in [3.63, 3.8) is 0 Å². The van der Waals surface area contributed by atoms with Gasteiger partial charge in [0.25, 0.3) is 0 Å². The predicted molar refractivity (Wildman–Crippen MR) is 138 cm³/mol. The number of rotatable bonds is 7. The van der Waals surface area contributed by atoms with Gasteiger partial charge in [-0.25, -0.2) is 9.59 Å². The molecule has 1 atom stereocenters. The number of carbonyl (C=O) groups excluding carboxylic acids is 2. The van der Waals surface area contributed by atoms with Crippen molar-refractivity contribution in [1.82, 2.24) is 5.32 Å². The maximum Gasteiger partial charge on any atom is 0.407 e. The van der Waals surface area contributed by atoms with Crippen molar-refractivity contribution < 1.29 is 29.3 Å². The highest BCUT2D eigenvalue weighted by Gasteiger charge is 2.30. The second kappa shape index (κ2) is 10.5. The number of ether oxygens (including phenoxy) is 2. The smallest absolute Gasteiger partial charge is 0.407 e. The topological polar surface area (TPSA) is 105 Å². The molecule has 3 N–H and O–H groups in total. The standard InChI is InChI=1S/C30H25NO6/c32-27-15-14-19(17-28(27)33)16-26(29(34)37-20-8-2-1-3-9-20)31-30(35)36-18-25-23-12-6-4-10-21(23)22-11-5-7-13-24(22)25/h1-15,17,25-26,32-33H,16,18H2,(H,31,35)/t26-/m0/s1. The van der Waals surface area contributed by atoms with Gasteiger partial charge in [0.1, 0.15) is 18.4 Å². The van der Waals surface area contributed by atoms with Crippen LogP contribution in [0, 0.1) is 0 Å². The second-order valence-corrected chi connectivity index (χ2v) is 8.78. The molecular weight excluding hydrogens is 470 g/mol. The number of alkyl carbamates (subject to hydrolysis) is 1. The Morgan fingerprint density at radius 2 is 1.41 bits per heavy atom. The third kappa shape index (κ3) is 5.26. The Bertz CT molecular complexity index is 1390. The highest BCUT2D eigenvalue weighted by Crippen LogP contribution is 2.44. The quantitative estimate of drug-likeness (QED) is 0.186. The second-order valence-electron chi connectivity index (χ2n) is 8.78. The van der Waals surface area contributed by atoms with Gasteiger partial charge >= 0.3 is 12.1 Å². The number of fused-ring (bicyclic) bond motifs is 3. The maximum absolute atomic E-state index is 13.0. The van der Waals surface area contributed by atoms with Crippen molar-refractivity contribution in [1.29, 1.82) is 0 Å². The molecule has 4 aromatic rings. The molecule has 0 saturated carbocycles. The zero-order valence-corrected chi connectivity index (χ0v) is 19.8. The average molecular weight is 496 g/mol. The minimum atomic E-state index is -1.10. The molecule has 4 aromatic carbocycles. The Kier molecular flexibility index (Phi) is 6.76. The number of phenols is 2. The van der Waals surface area contributed by atoms with E-state index in [1.54, 1.807) is 36.4 Å². The molecule has 0 spiro atoms. The van der Waals surface area contributed by atoms with E-state index < -0.39 is 18.1 Å². The zero-order chi connectivity index (χ0) is 25.8. The largest absolute Gasteiger partial charge is 0.504 e. The summed E-state index contributed by atoms with van der Waals surface area (Å²) in [6, 6.07) is 27.7. The van der Waals surface area contributed by atoms with Gasteiger partial charge in [0.15, 0.2) is 11.5 Å². The molecule has 186 valence electrons. The van der Waals surface area contributed by atoms with E-state index in [9.17, 15) is 19.8 Å². The average Bonchev–Trinajstić information content (AvgIpc) is 3.23. The number of hydrogen-bond donors (Lipinski definition) is 3. The summed E-state index contributed by atoms with van der Waals surface area (Å²) in [7, 11) is 0. The summed E-state index contributed by atoms with van der Waals surface area (Å²) in [6.07, 6.45) is -0.746. The Hall–Kier alpha value is -4.78. The van der Waals surface area contributed by atoms with E-state index in [1.807, 2.05) is 36.4 Å². The molecule has 7 heteroatoms. The molecular formula is C30H25NO6. The Balaban J connectivity index is 1.31. The lowest BCUT2D eigenvalue weighted by Crippen LogP contribution is -2.45. The molecule has 0 aromatic heterocycles. The number of benzene rings is 4. The van der Waals surface area contributed by atoms with Crippen molar-refractivity contribution in [3.8, 4) is 28.4 Å². The number of amides is 1. The molecule has 1 aliphatic rings. The summed E-state index contributed by atoms with van der Waals surface area (Å²) < 4.78 is 11.1. The van der Waals surface area contributed by atoms with Gasteiger partial charge in [0, 0.05) is 12.3 Å². The minimum absolute atomic E-state index is 0.0176. The summed E-state index contributed by atoms with van der Waals surface area (Å²) in [5.41, 5.74) is 4.91. The molecule has 0 fully saturated rings. The highest BCUT2D eigenvalue weighted by atomic mass is 16.6. The number of nitrogens with one attached hydrogen (secondary N) is 1. The van der Waals surface area contributed by atoms with Gasteiger partial charge in [-0.3, -0.25) is 0 Å². The van der Waals surface area contributed by atoms with Crippen LogP contribution in [0.1, 0.15) is 22.6 Å². The lowest BCUT2D eigenvalue weighted by atomic mass is 9.98. The van der Waals surface area contributed by atoms with Crippen LogP contribution in [0.2, 0.25) is 0 Å². The van der Waals surface area contributed by atoms with Gasteiger partial charge in [-0.2, -0.15) is 0 Å². The third-order valence-corrected chi connectivity index (χ3v) is 6.36. The highest BCUT2D eigenvalue weighted by molar-refractivity contribution is 5.83. The molecule has 1 amide bonds. The zero-order valence-electron chi connectivity index (χ0n) is 19.8. The lowest BCUT2D eigenvalue weighted by molar-refractivity contribution is -0.136. The van der Waals surface area contributed by atoms with E-state index in [2.05, 4.69) is 17.4 Å². The normalized spacial score (nSPS) is 12.8. The van der Waals surface area contributed by atoms with Gasteiger partial charge < -0.3 is 25.0 Å². The number of para-hydroxylation sites is 1. The minimum Gasteiger partial charge on any atom is -0.504 e. The molecule has 5 rings (SSSR count). The first kappa shape index (κ1) is 23.9. The number of phenolic OH excluding ortho intramolecular Hbond substituents is 2. The fourth-order valence-corrected chi connectivity index (χ4v) is 4.58. The van der Waals surface area contributed by atoms with Crippen LogP contribution in [0.3, 0.4) is 0 Å². The Morgan fingerprint density at radius 1 is 0.784 bits per heavy atom. The van der Waals surface area contributed by atoms with E-state index >= 15 is 0 Å². The van der Waals surface area contributed by atoms with E-state index in [1.165, 1.54) is 12.1 Å². The molecule has 0 bridgehead atoms. The molecule has 1 aliphatic carbocycles. The first-order chi connectivity index (χ1) is 18.0. The van der Waals surface area contributed by atoms with Crippen LogP contribution in [0.15, 0.2) is 97.1 Å². The van der Waals surface area contributed by atoms with Crippen molar-refractivity contribution in [2.45, 2.75) is 18.4 Å². The van der Waals surface area contributed by atoms with E-state index in [-0.39, 0.29) is 30.4 Å². The molecule has 0 heterocycles. The van der Waals surface area contributed by atoms with Gasteiger partial charge in [-0.05, 0) is 52.1 Å². The van der Waals surface area contributed by atoms with E-state index in [4.69, 9.17) is 9.47 Å². The number of aromatic hydroxyl groups is 2. The molecule has 0 aliphatic heterocycles. The molecule has 7 nitrogen and oxygen atoms in total. The summed E-state index contributed by atoms with van der Waals surface area (Å²) in [6.45, 7) is 0.0975. The van der Waals surface area contributed by atoms with Crippen LogP contribution in [0.5, 0.6) is 17.2 Å². The van der Waals surface area contributed by atoms with Gasteiger partial charge in [0.2, 0.25) is 0 Å². The van der Waals surface area contributed by atoms with E-state index in [0.717, 1.165) is 22.3 Å². The molecule has 0 unspecified atom stereocenters. The van der Waals surface area contributed by atoms with Crippen LogP contribution in [0.25, 0.3) is 11.1 Å². The van der Waals surface area contributed by atoms with Crippen molar-refractivity contribution in [3.05, 3.63) is 114 Å². The summed E-state index contributed by atoms with van der Waals surface area (Å²) >= 11 is 0. The SMILES string of the molecule is O=C(N[C@@H](Cc1ccc(O)c(O)c1)C(=O)Oc1ccccc1)OCC1c2ccccc2-c2ccccc21. The van der Waals surface area contributed by atoms with Crippen molar-refractivity contribution in [2.24, 2.45) is 0 Å². The van der Waals surface area contributed by atoms with Gasteiger partial charge in [-0.15, -0.1) is 0 Å². The fraction of sp³-hybridized carbons (Fsp3) is 0.133. The molecule has 0 radical (unpaired) electrons. The molecule has 37 heavy (non-hydrogen) atoms. The van der Waals surface area contributed by atoms with Gasteiger partial charge in [-0.1, -0.05) is 72.8 Å². The van der Waals surface area contributed by atoms with E-state index in [0.29, 0.717) is 11.3 Å². The van der Waals surface area contributed by atoms with Crippen molar-refractivity contribution in [2.75, 3.05) is 6.61 Å². The Morgan fingerprint density at radius 3 is 2.05 bits per heavy atom.